The Balaban J connectivity index is 1.96. The van der Waals surface area contributed by atoms with E-state index in [9.17, 15) is 4.79 Å². The summed E-state index contributed by atoms with van der Waals surface area (Å²) in [5.74, 6) is -0.00990. The van der Waals surface area contributed by atoms with E-state index in [1.165, 1.54) is 22.4 Å². The molecule has 0 fully saturated rings. The smallest absolute Gasteiger partial charge is 0.268 e. The Morgan fingerprint density at radius 2 is 1.75 bits per heavy atom. The molecule has 3 rings (SSSR count). The summed E-state index contributed by atoms with van der Waals surface area (Å²) >= 11 is 0. The van der Waals surface area contributed by atoms with Gasteiger partial charge in [-0.1, -0.05) is 67.1 Å². The molecule has 0 bridgehead atoms. The van der Waals surface area contributed by atoms with Crippen LogP contribution < -0.4 is 5.32 Å². The first kappa shape index (κ1) is 19.9. The summed E-state index contributed by atoms with van der Waals surface area (Å²) in [5, 5.41) is 3.20. The summed E-state index contributed by atoms with van der Waals surface area (Å²) in [7, 11) is 0. The predicted octanol–water partition coefficient (Wildman–Crippen LogP) is 5.52. The van der Waals surface area contributed by atoms with Crippen molar-refractivity contribution in [2.24, 2.45) is 0 Å². The lowest BCUT2D eigenvalue weighted by atomic mass is 10.1. The monoisotopic (exact) mass is 374 g/mol. The summed E-state index contributed by atoms with van der Waals surface area (Å²) in [6, 6.07) is 18.5. The molecule has 1 amide bonds. The van der Waals surface area contributed by atoms with Crippen LogP contribution in [0.2, 0.25) is 0 Å². The van der Waals surface area contributed by atoms with E-state index in [0.29, 0.717) is 6.54 Å². The molecular weight excluding hydrogens is 344 g/mol. The maximum atomic E-state index is 13.3. The van der Waals surface area contributed by atoms with Crippen LogP contribution in [0.5, 0.6) is 0 Å². The number of hydrogen-bond donors (Lipinski definition) is 1. The second-order valence-corrected chi connectivity index (χ2v) is 7.57. The Hall–Kier alpha value is -2.81. The van der Waals surface area contributed by atoms with Crippen molar-refractivity contribution in [3.05, 3.63) is 93.8 Å². The fraction of sp³-hybridized carbons (Fsp3) is 0.320. The number of carbonyl (C=O) groups is 1. The van der Waals surface area contributed by atoms with Crippen LogP contribution in [0, 0.1) is 20.8 Å². The molecule has 1 atom stereocenters. The third-order valence-electron chi connectivity index (χ3n) is 5.56. The maximum absolute atomic E-state index is 13.3. The maximum Gasteiger partial charge on any atom is 0.268 e. The molecule has 1 aromatic heterocycles. The van der Waals surface area contributed by atoms with E-state index in [1.54, 1.807) is 0 Å². The van der Waals surface area contributed by atoms with Gasteiger partial charge >= 0.3 is 0 Å². The van der Waals surface area contributed by atoms with E-state index in [4.69, 9.17) is 0 Å². The first-order chi connectivity index (χ1) is 13.4. The average molecular weight is 375 g/mol. The second kappa shape index (κ2) is 8.47. The normalized spacial score (nSPS) is 12.0. The predicted molar refractivity (Wildman–Crippen MR) is 116 cm³/mol. The van der Waals surface area contributed by atoms with Gasteiger partial charge in [0.1, 0.15) is 5.69 Å². The lowest BCUT2D eigenvalue weighted by Crippen LogP contribution is -2.29. The molecule has 2 aromatic carbocycles. The summed E-state index contributed by atoms with van der Waals surface area (Å²) in [6.07, 6.45) is 0.924. The number of rotatable bonds is 6. The Morgan fingerprint density at radius 1 is 1.04 bits per heavy atom. The quantitative estimate of drug-likeness (QED) is 0.606. The average Bonchev–Trinajstić information content (AvgIpc) is 2.91. The molecule has 0 saturated heterocycles. The molecule has 1 N–H and O–H groups in total. The number of amides is 1. The molecule has 3 aromatic rings. The minimum atomic E-state index is -0.0409. The molecular formula is C25H30N2O. The van der Waals surface area contributed by atoms with Gasteiger partial charge in [0.05, 0.1) is 6.04 Å². The van der Waals surface area contributed by atoms with Crippen LogP contribution in [0.4, 0.5) is 0 Å². The first-order valence-corrected chi connectivity index (χ1v) is 10.0. The molecule has 0 spiro atoms. The highest BCUT2D eigenvalue weighted by molar-refractivity contribution is 5.95. The van der Waals surface area contributed by atoms with Gasteiger partial charge < -0.3 is 9.88 Å². The van der Waals surface area contributed by atoms with Crippen molar-refractivity contribution in [1.82, 2.24) is 9.88 Å². The van der Waals surface area contributed by atoms with E-state index in [-0.39, 0.29) is 11.9 Å². The van der Waals surface area contributed by atoms with Gasteiger partial charge in [-0.2, -0.15) is 0 Å². The van der Waals surface area contributed by atoms with E-state index in [1.807, 2.05) is 37.3 Å². The zero-order chi connectivity index (χ0) is 20.3. The molecule has 0 aliphatic heterocycles. The minimum absolute atomic E-state index is 0.00990. The number of nitrogens with zero attached hydrogens (tertiary/aromatic N) is 1. The largest absolute Gasteiger partial charge is 0.344 e. The Bertz CT molecular complexity index is 970. The van der Waals surface area contributed by atoms with Crippen molar-refractivity contribution >= 4 is 5.91 Å². The molecule has 28 heavy (non-hydrogen) atoms. The number of aromatic nitrogens is 1. The van der Waals surface area contributed by atoms with E-state index < -0.39 is 0 Å². The first-order valence-electron chi connectivity index (χ1n) is 10.0. The molecule has 1 heterocycles. The van der Waals surface area contributed by atoms with Crippen LogP contribution in [-0.4, -0.2) is 10.5 Å². The molecule has 0 aliphatic rings. The van der Waals surface area contributed by atoms with Crippen LogP contribution in [0.15, 0.2) is 54.6 Å². The van der Waals surface area contributed by atoms with Crippen molar-refractivity contribution in [1.29, 1.82) is 0 Å². The van der Waals surface area contributed by atoms with Crippen molar-refractivity contribution in [2.75, 3.05) is 0 Å². The van der Waals surface area contributed by atoms with E-state index in [0.717, 1.165) is 23.2 Å². The third-order valence-corrected chi connectivity index (χ3v) is 5.56. The van der Waals surface area contributed by atoms with Crippen molar-refractivity contribution in [3.8, 4) is 0 Å². The highest BCUT2D eigenvalue weighted by atomic mass is 16.2. The van der Waals surface area contributed by atoms with Crippen molar-refractivity contribution < 1.29 is 4.79 Å². The zero-order valence-corrected chi connectivity index (χ0v) is 17.5. The van der Waals surface area contributed by atoms with Gasteiger partial charge in [0, 0.05) is 12.2 Å². The fourth-order valence-electron chi connectivity index (χ4n) is 4.04. The number of hydrogen-bond acceptors (Lipinski definition) is 1. The Labute approximate surface area is 168 Å². The van der Waals surface area contributed by atoms with Crippen molar-refractivity contribution in [3.63, 3.8) is 0 Å². The summed E-state index contributed by atoms with van der Waals surface area (Å²) < 4.78 is 2.18. The van der Waals surface area contributed by atoms with Gasteiger partial charge in [-0.3, -0.25) is 4.79 Å². The molecule has 3 nitrogen and oxygen atoms in total. The van der Waals surface area contributed by atoms with Crippen LogP contribution in [0.25, 0.3) is 0 Å². The van der Waals surface area contributed by atoms with E-state index in [2.05, 4.69) is 61.8 Å². The summed E-state index contributed by atoms with van der Waals surface area (Å²) in [4.78, 5) is 13.3. The standard InChI is InChI=1S/C25H30N2O/c1-6-23-18(3)24(25(28)26-19(4)22-13-8-7-9-14-22)27(20(23)5)16-21-12-10-11-17(2)15-21/h7-15,19H,6,16H2,1-5H3,(H,26,28). The van der Waals surface area contributed by atoms with Gasteiger partial charge in [0.15, 0.2) is 0 Å². The molecule has 1 unspecified atom stereocenters. The van der Waals surface area contributed by atoms with Crippen LogP contribution >= 0.6 is 0 Å². The van der Waals surface area contributed by atoms with Gasteiger partial charge in [-0.25, -0.2) is 0 Å². The topological polar surface area (TPSA) is 34.0 Å². The fourth-order valence-corrected chi connectivity index (χ4v) is 4.04. The highest BCUT2D eigenvalue weighted by Crippen LogP contribution is 2.25. The number of nitrogens with one attached hydrogen (secondary N) is 1. The SMILES string of the molecule is CCc1c(C)c(C(=O)NC(C)c2ccccc2)n(Cc2cccc(C)c2)c1C. The number of aryl methyl sites for hydroxylation is 1. The molecule has 3 heteroatoms. The van der Waals surface area contributed by atoms with Gasteiger partial charge in [-0.05, 0) is 56.4 Å². The number of benzene rings is 2. The minimum Gasteiger partial charge on any atom is -0.344 e. The van der Waals surface area contributed by atoms with Crippen molar-refractivity contribution in [2.45, 2.75) is 53.6 Å². The number of carbonyl (C=O) groups excluding carboxylic acids is 1. The summed E-state index contributed by atoms with van der Waals surface area (Å²) in [6.45, 7) is 11.2. The Morgan fingerprint density at radius 3 is 2.39 bits per heavy atom. The van der Waals surface area contributed by atoms with Crippen LogP contribution in [0.3, 0.4) is 0 Å². The van der Waals surface area contributed by atoms with E-state index >= 15 is 0 Å². The molecule has 146 valence electrons. The van der Waals surface area contributed by atoms with Gasteiger partial charge in [-0.15, -0.1) is 0 Å². The lowest BCUT2D eigenvalue weighted by molar-refractivity contribution is 0.0930. The molecule has 0 saturated carbocycles. The molecule has 0 radical (unpaired) electrons. The lowest BCUT2D eigenvalue weighted by Gasteiger charge is -2.17. The molecule has 0 aliphatic carbocycles. The third kappa shape index (κ3) is 4.04. The second-order valence-electron chi connectivity index (χ2n) is 7.57. The summed E-state index contributed by atoms with van der Waals surface area (Å²) in [5.41, 5.74) is 7.87. The Kier molecular flexibility index (Phi) is 6.03. The highest BCUT2D eigenvalue weighted by Gasteiger charge is 2.23. The van der Waals surface area contributed by atoms with Gasteiger partial charge in [0.25, 0.3) is 5.91 Å². The van der Waals surface area contributed by atoms with Crippen LogP contribution in [-0.2, 0) is 13.0 Å². The van der Waals surface area contributed by atoms with Crippen LogP contribution in [0.1, 0.15) is 63.9 Å². The van der Waals surface area contributed by atoms with Gasteiger partial charge in [0.2, 0.25) is 0 Å². The zero-order valence-electron chi connectivity index (χ0n) is 17.5.